The molecule has 3 rings (SSSR count). The van der Waals surface area contributed by atoms with Gasteiger partial charge in [-0.15, -0.1) is 0 Å². The van der Waals surface area contributed by atoms with Crippen molar-refractivity contribution >= 4 is 28.9 Å². The highest BCUT2D eigenvalue weighted by atomic mass is 19.1. The molecule has 0 aliphatic heterocycles. The van der Waals surface area contributed by atoms with Crippen molar-refractivity contribution in [1.82, 2.24) is 15.4 Å². The predicted octanol–water partition coefficient (Wildman–Crippen LogP) is 3.01. The maximum Gasteiger partial charge on any atom is 0.272 e. The lowest BCUT2D eigenvalue weighted by molar-refractivity contribution is 0.0958. The Balaban J connectivity index is 1.73. The van der Waals surface area contributed by atoms with E-state index in [2.05, 4.69) is 26.1 Å². The average Bonchev–Trinajstić information content (AvgIpc) is 2.62. The van der Waals surface area contributed by atoms with Crippen LogP contribution in [0.5, 0.6) is 0 Å². The van der Waals surface area contributed by atoms with E-state index >= 15 is 0 Å². The van der Waals surface area contributed by atoms with Gasteiger partial charge in [0.05, 0.1) is 5.56 Å². The monoisotopic (exact) mass is 352 g/mol. The van der Waals surface area contributed by atoms with Gasteiger partial charge in [0.1, 0.15) is 17.8 Å². The second-order valence-corrected chi connectivity index (χ2v) is 5.54. The summed E-state index contributed by atoms with van der Waals surface area (Å²) in [6.07, 6.45) is 1.30. The zero-order valence-electron chi connectivity index (χ0n) is 14.0. The van der Waals surface area contributed by atoms with E-state index in [-0.39, 0.29) is 17.1 Å². The fourth-order valence-electron chi connectivity index (χ4n) is 2.28. The van der Waals surface area contributed by atoms with Crippen LogP contribution in [0.4, 0.5) is 27.4 Å². The number of aromatic nitrogens is 2. The predicted molar refractivity (Wildman–Crippen MR) is 98.4 cm³/mol. The quantitative estimate of drug-likeness (QED) is 0.526. The molecule has 0 saturated carbocycles. The molecular weight excluding hydrogens is 335 g/mol. The molecule has 1 heterocycles. The maximum absolute atomic E-state index is 13.6. The van der Waals surface area contributed by atoms with Crippen molar-refractivity contribution in [2.75, 3.05) is 16.5 Å². The molecule has 5 N–H and O–H groups in total. The van der Waals surface area contributed by atoms with Crippen LogP contribution < -0.4 is 21.9 Å². The summed E-state index contributed by atoms with van der Waals surface area (Å²) >= 11 is 0. The van der Waals surface area contributed by atoms with Crippen molar-refractivity contribution in [1.29, 1.82) is 0 Å². The summed E-state index contributed by atoms with van der Waals surface area (Å²) in [5, 5.41) is 3.09. The molecule has 0 spiro atoms. The zero-order chi connectivity index (χ0) is 18.5. The first-order chi connectivity index (χ1) is 12.5. The third-order valence-corrected chi connectivity index (χ3v) is 3.58. The molecule has 132 valence electrons. The highest BCUT2D eigenvalue weighted by Crippen LogP contribution is 2.25. The number of carbonyl (C=O) groups is 1. The van der Waals surface area contributed by atoms with Gasteiger partial charge in [-0.2, -0.15) is 0 Å². The van der Waals surface area contributed by atoms with Gasteiger partial charge < -0.3 is 11.1 Å². The summed E-state index contributed by atoms with van der Waals surface area (Å²) < 4.78 is 13.6. The van der Waals surface area contributed by atoms with E-state index in [1.807, 2.05) is 31.2 Å². The topological polar surface area (TPSA) is 105 Å². The third-order valence-electron chi connectivity index (χ3n) is 3.58. The van der Waals surface area contributed by atoms with E-state index in [1.165, 1.54) is 24.5 Å². The summed E-state index contributed by atoms with van der Waals surface area (Å²) in [4.78, 5) is 20.1. The van der Waals surface area contributed by atoms with Crippen molar-refractivity contribution in [2.24, 2.45) is 0 Å². The SMILES string of the molecule is Cc1cccc(Nc2ncnc(NNC(=O)c3ccccc3F)c2N)c1. The number of nitrogens with two attached hydrogens (primary N) is 1. The minimum Gasteiger partial charge on any atom is -0.393 e. The Morgan fingerprint density at radius 2 is 1.85 bits per heavy atom. The van der Waals surface area contributed by atoms with Crippen LogP contribution in [0.25, 0.3) is 0 Å². The minimum atomic E-state index is -0.644. The summed E-state index contributed by atoms with van der Waals surface area (Å²) in [5.74, 6) is -0.688. The van der Waals surface area contributed by atoms with Gasteiger partial charge in [-0.3, -0.25) is 15.6 Å². The standard InChI is InChI=1S/C18H17FN6O/c1-11-5-4-6-12(9-11)23-16-15(20)17(22-10-21-16)24-25-18(26)13-7-2-3-8-14(13)19/h2-10H,20H2,1H3,(H,25,26)(H2,21,22,23,24). The largest absolute Gasteiger partial charge is 0.393 e. The molecule has 0 bridgehead atoms. The lowest BCUT2D eigenvalue weighted by Crippen LogP contribution is -2.31. The van der Waals surface area contributed by atoms with Crippen molar-refractivity contribution in [3.8, 4) is 0 Å². The van der Waals surface area contributed by atoms with Gasteiger partial charge >= 0.3 is 0 Å². The van der Waals surface area contributed by atoms with Crippen LogP contribution in [0.3, 0.4) is 0 Å². The van der Waals surface area contributed by atoms with Crippen LogP contribution in [-0.2, 0) is 0 Å². The lowest BCUT2D eigenvalue weighted by atomic mass is 10.2. The molecule has 0 atom stereocenters. The number of hydrazine groups is 1. The number of nitrogens with one attached hydrogen (secondary N) is 3. The van der Waals surface area contributed by atoms with Crippen molar-refractivity contribution in [3.63, 3.8) is 0 Å². The van der Waals surface area contributed by atoms with Gasteiger partial charge in [-0.05, 0) is 36.8 Å². The Kier molecular flexibility index (Phi) is 4.93. The molecule has 0 aliphatic rings. The number of amides is 1. The van der Waals surface area contributed by atoms with Crippen LogP contribution in [-0.4, -0.2) is 15.9 Å². The molecule has 0 unspecified atom stereocenters. The van der Waals surface area contributed by atoms with E-state index in [4.69, 9.17) is 5.73 Å². The number of nitrogen functional groups attached to an aromatic ring is 1. The zero-order valence-corrected chi connectivity index (χ0v) is 14.0. The number of nitrogens with zero attached hydrogens (tertiary/aromatic N) is 2. The molecular formula is C18H17FN6O. The highest BCUT2D eigenvalue weighted by molar-refractivity contribution is 5.95. The summed E-state index contributed by atoms with van der Waals surface area (Å²) in [6, 6.07) is 13.4. The minimum absolute atomic E-state index is 0.0919. The fourth-order valence-corrected chi connectivity index (χ4v) is 2.28. The number of hydrogen-bond acceptors (Lipinski definition) is 6. The Morgan fingerprint density at radius 3 is 2.62 bits per heavy atom. The molecule has 0 saturated heterocycles. The van der Waals surface area contributed by atoms with Crippen LogP contribution in [0, 0.1) is 12.7 Å². The number of hydrogen-bond donors (Lipinski definition) is 4. The number of anilines is 4. The van der Waals surface area contributed by atoms with Crippen LogP contribution in [0.15, 0.2) is 54.9 Å². The average molecular weight is 352 g/mol. The molecule has 7 nitrogen and oxygen atoms in total. The van der Waals surface area contributed by atoms with Gasteiger partial charge in [-0.1, -0.05) is 24.3 Å². The van der Waals surface area contributed by atoms with E-state index in [9.17, 15) is 9.18 Å². The molecule has 2 aromatic carbocycles. The summed E-state index contributed by atoms with van der Waals surface area (Å²) in [7, 11) is 0. The molecule has 26 heavy (non-hydrogen) atoms. The summed E-state index contributed by atoms with van der Waals surface area (Å²) in [6.45, 7) is 1.97. The molecule has 0 fully saturated rings. The molecule has 0 radical (unpaired) electrons. The van der Waals surface area contributed by atoms with Crippen molar-refractivity contribution < 1.29 is 9.18 Å². The number of benzene rings is 2. The molecule has 1 amide bonds. The third kappa shape index (κ3) is 3.86. The number of halogens is 1. The second kappa shape index (κ2) is 7.47. The van der Waals surface area contributed by atoms with Crippen LogP contribution >= 0.6 is 0 Å². The van der Waals surface area contributed by atoms with Crippen molar-refractivity contribution in [3.05, 3.63) is 71.8 Å². The van der Waals surface area contributed by atoms with Crippen LogP contribution in [0.1, 0.15) is 15.9 Å². The molecule has 0 aliphatic carbocycles. The Hall–Kier alpha value is -3.68. The Bertz CT molecular complexity index is 946. The van der Waals surface area contributed by atoms with E-state index < -0.39 is 11.7 Å². The van der Waals surface area contributed by atoms with Crippen LogP contribution in [0.2, 0.25) is 0 Å². The fraction of sp³-hybridized carbons (Fsp3) is 0.0556. The number of carbonyl (C=O) groups excluding carboxylic acids is 1. The first kappa shape index (κ1) is 17.2. The molecule has 8 heteroatoms. The van der Waals surface area contributed by atoms with Gasteiger partial charge in [0.15, 0.2) is 11.6 Å². The van der Waals surface area contributed by atoms with Gasteiger partial charge in [0.2, 0.25) is 0 Å². The first-order valence-corrected chi connectivity index (χ1v) is 7.79. The van der Waals surface area contributed by atoms with Gasteiger partial charge in [0, 0.05) is 5.69 Å². The Morgan fingerprint density at radius 1 is 1.08 bits per heavy atom. The van der Waals surface area contributed by atoms with Crippen molar-refractivity contribution in [2.45, 2.75) is 6.92 Å². The van der Waals surface area contributed by atoms with Gasteiger partial charge in [0.25, 0.3) is 5.91 Å². The molecule has 3 aromatic rings. The van der Waals surface area contributed by atoms with E-state index in [0.29, 0.717) is 5.82 Å². The lowest BCUT2D eigenvalue weighted by Gasteiger charge is -2.13. The normalized spacial score (nSPS) is 10.2. The van der Waals surface area contributed by atoms with Gasteiger partial charge in [-0.25, -0.2) is 14.4 Å². The number of aryl methyl sites for hydroxylation is 1. The van der Waals surface area contributed by atoms with E-state index in [1.54, 1.807) is 6.07 Å². The summed E-state index contributed by atoms with van der Waals surface area (Å²) in [5.41, 5.74) is 13.0. The highest BCUT2D eigenvalue weighted by Gasteiger charge is 2.13. The Labute approximate surface area is 149 Å². The second-order valence-electron chi connectivity index (χ2n) is 5.54. The molecule has 1 aromatic heterocycles. The van der Waals surface area contributed by atoms with E-state index in [0.717, 1.165) is 11.3 Å². The number of rotatable bonds is 5. The first-order valence-electron chi connectivity index (χ1n) is 7.79. The maximum atomic E-state index is 13.6. The smallest absolute Gasteiger partial charge is 0.272 e.